The Kier molecular flexibility index (Phi) is 5.23. The van der Waals surface area contributed by atoms with Crippen molar-refractivity contribution in [3.63, 3.8) is 0 Å². The zero-order chi connectivity index (χ0) is 13.7. The molecule has 1 aliphatic rings. The SMILES string of the molecule is CCOc1c(C)cc(C)cc1CCN1CCNCC1. The summed E-state index contributed by atoms with van der Waals surface area (Å²) < 4.78 is 5.83. The highest BCUT2D eigenvalue weighted by molar-refractivity contribution is 5.44. The topological polar surface area (TPSA) is 24.5 Å². The fourth-order valence-electron chi connectivity index (χ4n) is 2.79. The van der Waals surface area contributed by atoms with E-state index in [0.717, 1.165) is 51.5 Å². The van der Waals surface area contributed by atoms with Crippen LogP contribution < -0.4 is 10.1 Å². The van der Waals surface area contributed by atoms with Crippen molar-refractivity contribution in [2.45, 2.75) is 27.2 Å². The maximum Gasteiger partial charge on any atom is 0.125 e. The Morgan fingerprint density at radius 3 is 2.63 bits per heavy atom. The van der Waals surface area contributed by atoms with E-state index in [-0.39, 0.29) is 0 Å². The van der Waals surface area contributed by atoms with Gasteiger partial charge in [-0.05, 0) is 38.3 Å². The van der Waals surface area contributed by atoms with Gasteiger partial charge in [0, 0.05) is 32.7 Å². The van der Waals surface area contributed by atoms with Gasteiger partial charge in [0.15, 0.2) is 0 Å². The third-order valence-corrected chi connectivity index (χ3v) is 3.69. The number of ether oxygens (including phenoxy) is 1. The van der Waals surface area contributed by atoms with Gasteiger partial charge in [-0.25, -0.2) is 0 Å². The van der Waals surface area contributed by atoms with Crippen molar-refractivity contribution in [1.29, 1.82) is 0 Å². The van der Waals surface area contributed by atoms with Crippen molar-refractivity contribution in [2.24, 2.45) is 0 Å². The lowest BCUT2D eigenvalue weighted by molar-refractivity contribution is 0.242. The van der Waals surface area contributed by atoms with Crippen LogP contribution in [0.2, 0.25) is 0 Å². The maximum absolute atomic E-state index is 5.83. The maximum atomic E-state index is 5.83. The second-order valence-electron chi connectivity index (χ2n) is 5.34. The number of piperazine rings is 1. The van der Waals surface area contributed by atoms with E-state index < -0.39 is 0 Å². The minimum atomic E-state index is 0.741. The number of nitrogens with zero attached hydrogens (tertiary/aromatic N) is 1. The number of hydrogen-bond acceptors (Lipinski definition) is 3. The highest BCUT2D eigenvalue weighted by Crippen LogP contribution is 2.26. The van der Waals surface area contributed by atoms with Crippen LogP contribution in [0.15, 0.2) is 12.1 Å². The lowest BCUT2D eigenvalue weighted by atomic mass is 10.0. The molecule has 1 aromatic carbocycles. The third kappa shape index (κ3) is 3.95. The summed E-state index contributed by atoms with van der Waals surface area (Å²) in [5.41, 5.74) is 3.95. The lowest BCUT2D eigenvalue weighted by Crippen LogP contribution is -2.44. The third-order valence-electron chi connectivity index (χ3n) is 3.69. The molecule has 0 atom stereocenters. The molecule has 19 heavy (non-hydrogen) atoms. The summed E-state index contributed by atoms with van der Waals surface area (Å²) in [6.07, 6.45) is 1.08. The van der Waals surface area contributed by atoms with Crippen LogP contribution in [0.5, 0.6) is 5.75 Å². The van der Waals surface area contributed by atoms with Crippen molar-refractivity contribution in [3.8, 4) is 5.75 Å². The number of aryl methyl sites for hydroxylation is 2. The summed E-state index contributed by atoms with van der Waals surface area (Å²) >= 11 is 0. The highest BCUT2D eigenvalue weighted by Gasteiger charge is 2.12. The van der Waals surface area contributed by atoms with Gasteiger partial charge in [0.05, 0.1) is 6.61 Å². The summed E-state index contributed by atoms with van der Waals surface area (Å²) in [6, 6.07) is 4.49. The average Bonchev–Trinajstić information content (AvgIpc) is 2.41. The molecule has 2 rings (SSSR count). The Morgan fingerprint density at radius 2 is 1.95 bits per heavy atom. The van der Waals surface area contributed by atoms with Gasteiger partial charge < -0.3 is 15.0 Å². The van der Waals surface area contributed by atoms with Crippen LogP contribution >= 0.6 is 0 Å². The van der Waals surface area contributed by atoms with Crippen LogP contribution in [-0.2, 0) is 6.42 Å². The second-order valence-corrected chi connectivity index (χ2v) is 5.34. The average molecular weight is 262 g/mol. The first kappa shape index (κ1) is 14.4. The predicted octanol–water partition coefficient (Wildman–Crippen LogP) is 2.15. The van der Waals surface area contributed by atoms with Gasteiger partial charge in [0.25, 0.3) is 0 Å². The molecule has 106 valence electrons. The summed E-state index contributed by atoms with van der Waals surface area (Å²) in [6.45, 7) is 12.8. The molecular weight excluding hydrogens is 236 g/mol. The second kappa shape index (κ2) is 6.92. The first-order chi connectivity index (χ1) is 9.20. The summed E-state index contributed by atoms with van der Waals surface area (Å²) in [4.78, 5) is 2.53. The number of nitrogens with one attached hydrogen (secondary N) is 1. The molecular formula is C16H26N2O. The standard InChI is InChI=1S/C16H26N2O/c1-4-19-16-14(3)11-13(2)12-15(16)5-8-18-9-6-17-7-10-18/h11-12,17H,4-10H2,1-3H3. The smallest absolute Gasteiger partial charge is 0.125 e. The van der Waals surface area contributed by atoms with E-state index in [1.54, 1.807) is 0 Å². The molecule has 0 spiro atoms. The molecule has 0 radical (unpaired) electrons. The Bertz CT molecular complexity index is 411. The Morgan fingerprint density at radius 1 is 1.21 bits per heavy atom. The summed E-state index contributed by atoms with van der Waals surface area (Å²) in [5.74, 6) is 1.10. The number of hydrogen-bond donors (Lipinski definition) is 1. The van der Waals surface area contributed by atoms with E-state index in [1.165, 1.54) is 16.7 Å². The van der Waals surface area contributed by atoms with Crippen LogP contribution in [0.3, 0.4) is 0 Å². The molecule has 0 bridgehead atoms. The molecule has 0 aromatic heterocycles. The van der Waals surface area contributed by atoms with Crippen LogP contribution in [0, 0.1) is 13.8 Å². The van der Waals surface area contributed by atoms with Crippen molar-refractivity contribution >= 4 is 0 Å². The molecule has 3 heteroatoms. The molecule has 1 aromatic rings. The normalized spacial score (nSPS) is 16.6. The number of benzene rings is 1. The molecule has 0 amide bonds. The van der Waals surface area contributed by atoms with E-state index in [4.69, 9.17) is 4.74 Å². The van der Waals surface area contributed by atoms with Crippen LogP contribution in [0.4, 0.5) is 0 Å². The quantitative estimate of drug-likeness (QED) is 0.880. The Labute approximate surface area is 116 Å². The molecule has 3 nitrogen and oxygen atoms in total. The van der Waals surface area contributed by atoms with Gasteiger partial charge in [-0.3, -0.25) is 0 Å². The predicted molar refractivity (Wildman–Crippen MR) is 80.1 cm³/mol. The molecule has 1 heterocycles. The zero-order valence-corrected chi connectivity index (χ0v) is 12.5. The number of rotatable bonds is 5. The fraction of sp³-hybridized carbons (Fsp3) is 0.625. The van der Waals surface area contributed by atoms with Crippen LogP contribution in [0.1, 0.15) is 23.6 Å². The minimum Gasteiger partial charge on any atom is -0.493 e. The first-order valence-electron chi connectivity index (χ1n) is 7.36. The largest absolute Gasteiger partial charge is 0.493 e. The molecule has 1 aliphatic heterocycles. The summed E-state index contributed by atoms with van der Waals surface area (Å²) in [5, 5.41) is 3.40. The molecule has 0 saturated carbocycles. The minimum absolute atomic E-state index is 0.741. The van der Waals surface area contributed by atoms with Gasteiger partial charge in [0.2, 0.25) is 0 Å². The van der Waals surface area contributed by atoms with Gasteiger partial charge in [-0.15, -0.1) is 0 Å². The fourth-order valence-corrected chi connectivity index (χ4v) is 2.79. The molecule has 1 N–H and O–H groups in total. The van der Waals surface area contributed by atoms with Crippen LogP contribution in [0.25, 0.3) is 0 Å². The van der Waals surface area contributed by atoms with Gasteiger partial charge >= 0.3 is 0 Å². The van der Waals surface area contributed by atoms with Gasteiger partial charge in [-0.2, -0.15) is 0 Å². The van der Waals surface area contributed by atoms with Crippen molar-refractivity contribution < 1.29 is 4.74 Å². The van der Waals surface area contributed by atoms with Crippen molar-refractivity contribution in [2.75, 3.05) is 39.3 Å². The van der Waals surface area contributed by atoms with E-state index in [9.17, 15) is 0 Å². The molecule has 0 aliphatic carbocycles. The first-order valence-corrected chi connectivity index (χ1v) is 7.36. The molecule has 1 fully saturated rings. The van der Waals surface area contributed by atoms with Crippen molar-refractivity contribution in [1.82, 2.24) is 10.2 Å². The molecule has 1 saturated heterocycles. The molecule has 0 unspecified atom stereocenters. The van der Waals surface area contributed by atoms with Gasteiger partial charge in [0.1, 0.15) is 5.75 Å². The van der Waals surface area contributed by atoms with Crippen molar-refractivity contribution in [3.05, 3.63) is 28.8 Å². The van der Waals surface area contributed by atoms with Crippen LogP contribution in [-0.4, -0.2) is 44.2 Å². The lowest BCUT2D eigenvalue weighted by Gasteiger charge is -2.27. The van der Waals surface area contributed by atoms with E-state index in [2.05, 4.69) is 43.1 Å². The van der Waals surface area contributed by atoms with E-state index >= 15 is 0 Å². The van der Waals surface area contributed by atoms with E-state index in [0.29, 0.717) is 0 Å². The van der Waals surface area contributed by atoms with Gasteiger partial charge in [-0.1, -0.05) is 17.7 Å². The Hall–Kier alpha value is -1.06. The summed E-state index contributed by atoms with van der Waals surface area (Å²) in [7, 11) is 0. The highest BCUT2D eigenvalue weighted by atomic mass is 16.5. The van der Waals surface area contributed by atoms with E-state index in [1.807, 2.05) is 0 Å². The Balaban J connectivity index is 2.04. The monoisotopic (exact) mass is 262 g/mol. The zero-order valence-electron chi connectivity index (χ0n) is 12.5.